The van der Waals surface area contributed by atoms with Gasteiger partial charge in [0, 0.05) is 37.0 Å². The fraction of sp³-hybridized carbons (Fsp3) is 0.231. The van der Waals surface area contributed by atoms with E-state index in [-0.39, 0.29) is 17.9 Å². The molecule has 1 N–H and O–H groups in total. The van der Waals surface area contributed by atoms with Crippen LogP contribution in [0.3, 0.4) is 0 Å². The van der Waals surface area contributed by atoms with Gasteiger partial charge in [0.1, 0.15) is 6.54 Å². The Kier molecular flexibility index (Phi) is 5.37. The summed E-state index contributed by atoms with van der Waals surface area (Å²) in [4.78, 5) is 30.8. The molecule has 0 radical (unpaired) electrons. The molecule has 6 nitrogen and oxygen atoms in total. The van der Waals surface area contributed by atoms with Crippen LogP contribution in [-0.4, -0.2) is 48.6 Å². The van der Waals surface area contributed by atoms with E-state index in [1.165, 1.54) is 0 Å². The monoisotopic (exact) mass is 426 g/mol. The van der Waals surface area contributed by atoms with Gasteiger partial charge in [-0.05, 0) is 43.4 Å². The third-order valence-electron chi connectivity index (χ3n) is 6.20. The molecule has 1 aliphatic heterocycles. The Hall–Kier alpha value is -3.64. The van der Waals surface area contributed by atoms with Gasteiger partial charge in [0.15, 0.2) is 5.43 Å². The minimum atomic E-state index is -0.120. The summed E-state index contributed by atoms with van der Waals surface area (Å²) >= 11 is 0. The third-order valence-corrected chi connectivity index (χ3v) is 6.20. The van der Waals surface area contributed by atoms with Gasteiger partial charge in [-0.15, -0.1) is 0 Å². The number of carbonyl (C=O) groups excluding carboxylic acids is 1. The molecule has 3 aromatic carbocycles. The van der Waals surface area contributed by atoms with Crippen LogP contribution in [0.5, 0.6) is 0 Å². The molecule has 162 valence electrons. The number of hydrogen-bond donors (Lipinski definition) is 1. The van der Waals surface area contributed by atoms with Gasteiger partial charge >= 0.3 is 0 Å². The molecule has 1 aliphatic rings. The SMILES string of the molecule is CN1CCN(c2ccccc2NC(=O)Cn2c3ccccc3c(=O)c3ccccc32)CC1. The van der Waals surface area contributed by atoms with Crippen LogP contribution in [0.2, 0.25) is 0 Å². The zero-order valence-electron chi connectivity index (χ0n) is 18.1. The number of benzene rings is 3. The molecule has 32 heavy (non-hydrogen) atoms. The Balaban J connectivity index is 1.48. The number of pyridine rings is 1. The molecule has 0 saturated carbocycles. The quantitative estimate of drug-likeness (QED) is 0.507. The molecule has 1 aromatic heterocycles. The van der Waals surface area contributed by atoms with Crippen LogP contribution in [0.4, 0.5) is 11.4 Å². The van der Waals surface area contributed by atoms with E-state index >= 15 is 0 Å². The number of nitrogens with zero attached hydrogens (tertiary/aromatic N) is 3. The number of piperazine rings is 1. The number of para-hydroxylation sites is 4. The second kappa shape index (κ2) is 8.48. The Bertz CT molecular complexity index is 1290. The second-order valence-corrected chi connectivity index (χ2v) is 8.31. The van der Waals surface area contributed by atoms with E-state index in [4.69, 9.17) is 0 Å². The second-order valence-electron chi connectivity index (χ2n) is 8.31. The molecule has 1 fully saturated rings. The maximum Gasteiger partial charge on any atom is 0.244 e. The zero-order valence-corrected chi connectivity index (χ0v) is 18.1. The number of rotatable bonds is 4. The van der Waals surface area contributed by atoms with Crippen LogP contribution in [0.15, 0.2) is 77.6 Å². The molecule has 0 unspecified atom stereocenters. The molecule has 0 aliphatic carbocycles. The van der Waals surface area contributed by atoms with E-state index < -0.39 is 0 Å². The maximum absolute atomic E-state index is 13.2. The van der Waals surface area contributed by atoms with E-state index in [9.17, 15) is 9.59 Å². The fourth-order valence-corrected chi connectivity index (χ4v) is 4.48. The van der Waals surface area contributed by atoms with Gasteiger partial charge in [-0.25, -0.2) is 0 Å². The number of amides is 1. The van der Waals surface area contributed by atoms with Crippen molar-refractivity contribution in [2.24, 2.45) is 0 Å². The Labute approximate surface area is 186 Å². The number of nitrogens with one attached hydrogen (secondary N) is 1. The lowest BCUT2D eigenvalue weighted by Gasteiger charge is -2.35. The van der Waals surface area contributed by atoms with Gasteiger partial charge in [0.2, 0.25) is 5.91 Å². The van der Waals surface area contributed by atoms with Crippen molar-refractivity contribution < 1.29 is 4.79 Å². The normalized spacial score (nSPS) is 14.7. The van der Waals surface area contributed by atoms with Crippen LogP contribution in [-0.2, 0) is 11.3 Å². The maximum atomic E-state index is 13.2. The average Bonchev–Trinajstić information content (AvgIpc) is 2.83. The smallest absolute Gasteiger partial charge is 0.244 e. The molecule has 2 heterocycles. The molecule has 5 rings (SSSR count). The van der Waals surface area contributed by atoms with E-state index in [0.29, 0.717) is 10.8 Å². The van der Waals surface area contributed by atoms with Crippen LogP contribution >= 0.6 is 0 Å². The van der Waals surface area contributed by atoms with Gasteiger partial charge < -0.3 is 19.7 Å². The highest BCUT2D eigenvalue weighted by atomic mass is 16.2. The summed E-state index contributed by atoms with van der Waals surface area (Å²) in [5, 5.41) is 4.36. The standard InChI is InChI=1S/C26H26N4O2/c1-28-14-16-29(17-15-28)24-13-7-4-10-21(24)27-25(31)18-30-22-11-5-2-8-19(22)26(32)20-9-3-6-12-23(20)30/h2-13H,14-18H2,1H3,(H,27,31). The first-order valence-corrected chi connectivity index (χ1v) is 10.9. The van der Waals surface area contributed by atoms with Gasteiger partial charge in [0.25, 0.3) is 0 Å². The van der Waals surface area contributed by atoms with Crippen molar-refractivity contribution in [3.8, 4) is 0 Å². The first-order valence-electron chi connectivity index (χ1n) is 10.9. The predicted octanol–water partition coefficient (Wildman–Crippen LogP) is 3.55. The van der Waals surface area contributed by atoms with Crippen LogP contribution in [0, 0.1) is 0 Å². The molecule has 1 amide bonds. The van der Waals surface area contributed by atoms with Crippen molar-refractivity contribution in [2.75, 3.05) is 43.4 Å². The van der Waals surface area contributed by atoms with Crippen LogP contribution < -0.4 is 15.6 Å². The van der Waals surface area contributed by atoms with Crippen molar-refractivity contribution in [2.45, 2.75) is 6.54 Å². The largest absolute Gasteiger partial charge is 0.367 e. The Morgan fingerprint density at radius 1 is 0.812 bits per heavy atom. The summed E-state index contributed by atoms with van der Waals surface area (Å²) in [5.41, 5.74) is 3.38. The fourth-order valence-electron chi connectivity index (χ4n) is 4.48. The van der Waals surface area contributed by atoms with Crippen molar-refractivity contribution in [3.63, 3.8) is 0 Å². The molecule has 1 saturated heterocycles. The highest BCUT2D eigenvalue weighted by molar-refractivity contribution is 5.98. The summed E-state index contributed by atoms with van der Waals surface area (Å²) in [6.45, 7) is 3.98. The average molecular weight is 427 g/mol. The highest BCUT2D eigenvalue weighted by Crippen LogP contribution is 2.27. The van der Waals surface area contributed by atoms with Gasteiger partial charge in [0.05, 0.1) is 22.4 Å². The Morgan fingerprint density at radius 3 is 2.03 bits per heavy atom. The first-order chi connectivity index (χ1) is 15.6. The van der Waals surface area contributed by atoms with Gasteiger partial charge in [-0.2, -0.15) is 0 Å². The molecule has 0 bridgehead atoms. The topological polar surface area (TPSA) is 57.6 Å². The van der Waals surface area contributed by atoms with E-state index in [0.717, 1.165) is 48.6 Å². The lowest BCUT2D eigenvalue weighted by Crippen LogP contribution is -2.44. The van der Waals surface area contributed by atoms with E-state index in [1.807, 2.05) is 71.3 Å². The zero-order chi connectivity index (χ0) is 22.1. The Morgan fingerprint density at radius 2 is 1.38 bits per heavy atom. The van der Waals surface area contributed by atoms with Crippen molar-refractivity contribution in [1.29, 1.82) is 0 Å². The van der Waals surface area contributed by atoms with E-state index in [2.05, 4.69) is 28.2 Å². The first kappa shape index (κ1) is 20.3. The molecule has 0 atom stereocenters. The van der Waals surface area contributed by atoms with E-state index in [1.54, 1.807) is 0 Å². The van der Waals surface area contributed by atoms with Gasteiger partial charge in [-0.3, -0.25) is 9.59 Å². The lowest BCUT2D eigenvalue weighted by molar-refractivity contribution is -0.116. The minimum absolute atomic E-state index is 0.00623. The van der Waals surface area contributed by atoms with Crippen molar-refractivity contribution in [3.05, 3.63) is 83.0 Å². The molecule has 4 aromatic rings. The summed E-state index contributed by atoms with van der Waals surface area (Å²) < 4.78 is 1.93. The summed E-state index contributed by atoms with van der Waals surface area (Å²) in [5.74, 6) is -0.120. The predicted molar refractivity (Wildman–Crippen MR) is 130 cm³/mol. The summed E-state index contributed by atoms with van der Waals surface area (Å²) in [6, 6.07) is 22.9. The van der Waals surface area contributed by atoms with Crippen molar-refractivity contribution in [1.82, 2.24) is 9.47 Å². The number of hydrogen-bond acceptors (Lipinski definition) is 4. The summed E-state index contributed by atoms with van der Waals surface area (Å²) in [6.07, 6.45) is 0. The number of fused-ring (bicyclic) bond motifs is 2. The minimum Gasteiger partial charge on any atom is -0.367 e. The highest BCUT2D eigenvalue weighted by Gasteiger charge is 2.18. The lowest BCUT2D eigenvalue weighted by atomic mass is 10.1. The number of likely N-dealkylation sites (N-methyl/N-ethyl adjacent to an activating group) is 1. The molecular formula is C26H26N4O2. The van der Waals surface area contributed by atoms with Crippen LogP contribution in [0.1, 0.15) is 0 Å². The molecule has 0 spiro atoms. The third kappa shape index (κ3) is 3.74. The molecule has 6 heteroatoms. The number of carbonyl (C=O) groups is 1. The number of anilines is 2. The molecular weight excluding hydrogens is 400 g/mol. The van der Waals surface area contributed by atoms with Crippen LogP contribution in [0.25, 0.3) is 21.8 Å². The summed E-state index contributed by atoms with van der Waals surface area (Å²) in [7, 11) is 2.13. The number of aromatic nitrogens is 1. The van der Waals surface area contributed by atoms with Gasteiger partial charge in [-0.1, -0.05) is 36.4 Å². The van der Waals surface area contributed by atoms with Crippen molar-refractivity contribution >= 4 is 39.1 Å².